The Bertz CT molecular complexity index is 1270. The van der Waals surface area contributed by atoms with Crippen LogP contribution in [0.1, 0.15) is 47.2 Å². The van der Waals surface area contributed by atoms with Crippen molar-refractivity contribution in [2.75, 3.05) is 39.4 Å². The van der Waals surface area contributed by atoms with Gasteiger partial charge in [-0.2, -0.15) is 0 Å². The first-order valence-electron chi connectivity index (χ1n) is 13.1. The molecule has 38 heavy (non-hydrogen) atoms. The van der Waals surface area contributed by atoms with Crippen molar-refractivity contribution in [3.05, 3.63) is 93.2 Å². The molecule has 1 aromatic heterocycles. The standard InChI is InChI=1S/C30H36N4O4/c1-22(35)19-31-13-12-27(18-28-29(36)30(37)33-21-32-28)26-10-8-24(9-11-26)3-2-23-4-6-25(7-5-23)20-34-14-16-38-17-15-34/h4-11,21-22,27,31,35-36H,12-20H2,1H3,(H,32,33,37)/t22-,27?/m1/s1. The van der Waals surface area contributed by atoms with Gasteiger partial charge in [-0.1, -0.05) is 36.1 Å². The lowest BCUT2D eigenvalue weighted by Gasteiger charge is -2.26. The molecule has 0 bridgehead atoms. The van der Waals surface area contributed by atoms with Crippen LogP contribution in [0.2, 0.25) is 0 Å². The van der Waals surface area contributed by atoms with E-state index in [1.54, 1.807) is 6.92 Å². The Balaban J connectivity index is 1.41. The predicted molar refractivity (Wildman–Crippen MR) is 147 cm³/mol. The highest BCUT2D eigenvalue weighted by Gasteiger charge is 2.17. The number of nitrogens with zero attached hydrogens (tertiary/aromatic N) is 2. The summed E-state index contributed by atoms with van der Waals surface area (Å²) in [7, 11) is 0. The van der Waals surface area contributed by atoms with Gasteiger partial charge in [0.2, 0.25) is 5.75 Å². The molecule has 8 heteroatoms. The Morgan fingerprint density at radius 1 is 1.08 bits per heavy atom. The maximum atomic E-state index is 11.8. The van der Waals surface area contributed by atoms with Gasteiger partial charge in [0.25, 0.3) is 5.56 Å². The molecule has 3 aromatic rings. The lowest BCUT2D eigenvalue weighted by Crippen LogP contribution is -2.35. The highest BCUT2D eigenvalue weighted by molar-refractivity contribution is 5.44. The Labute approximate surface area is 223 Å². The first-order chi connectivity index (χ1) is 18.5. The highest BCUT2D eigenvalue weighted by atomic mass is 16.5. The fourth-order valence-corrected chi connectivity index (χ4v) is 4.48. The quantitative estimate of drug-likeness (QED) is 0.242. The van der Waals surface area contributed by atoms with Gasteiger partial charge in [0.1, 0.15) is 0 Å². The third kappa shape index (κ3) is 8.27. The maximum absolute atomic E-state index is 11.8. The van der Waals surface area contributed by atoms with Crippen LogP contribution in [0.4, 0.5) is 0 Å². The summed E-state index contributed by atoms with van der Waals surface area (Å²) in [5, 5.41) is 22.9. The summed E-state index contributed by atoms with van der Waals surface area (Å²) >= 11 is 0. The van der Waals surface area contributed by atoms with Gasteiger partial charge >= 0.3 is 0 Å². The fraction of sp³-hybridized carbons (Fsp3) is 0.400. The van der Waals surface area contributed by atoms with Gasteiger partial charge in [0.15, 0.2) is 0 Å². The Morgan fingerprint density at radius 3 is 2.39 bits per heavy atom. The molecule has 1 saturated heterocycles. The minimum atomic E-state index is -0.541. The number of hydrogen-bond acceptors (Lipinski definition) is 7. The molecule has 2 atom stereocenters. The van der Waals surface area contributed by atoms with Crippen molar-refractivity contribution in [3.63, 3.8) is 0 Å². The molecular weight excluding hydrogens is 480 g/mol. The van der Waals surface area contributed by atoms with Crippen LogP contribution in [-0.2, 0) is 17.7 Å². The molecule has 0 aliphatic carbocycles. The number of morpholine rings is 1. The Kier molecular flexibility index (Phi) is 10.1. The van der Waals surface area contributed by atoms with Crippen LogP contribution in [0, 0.1) is 11.8 Å². The number of H-pyrrole nitrogens is 1. The summed E-state index contributed by atoms with van der Waals surface area (Å²) in [5.74, 6) is 6.18. The number of aromatic amines is 1. The molecule has 8 nitrogen and oxygen atoms in total. The summed E-state index contributed by atoms with van der Waals surface area (Å²) in [6.45, 7) is 7.40. The molecule has 1 fully saturated rings. The largest absolute Gasteiger partial charge is 0.502 e. The second kappa shape index (κ2) is 13.9. The second-order valence-corrected chi connectivity index (χ2v) is 9.73. The van der Waals surface area contributed by atoms with Crippen LogP contribution in [0.5, 0.6) is 5.75 Å². The molecule has 4 N–H and O–H groups in total. The van der Waals surface area contributed by atoms with Crippen molar-refractivity contribution in [1.29, 1.82) is 0 Å². The SMILES string of the molecule is C[C@@H](O)CNCCC(Cc1nc[nH]c(=O)c1O)c1ccc(C#Cc2ccc(CN3CCOCC3)cc2)cc1. The average molecular weight is 517 g/mol. The molecule has 2 aromatic carbocycles. The Hall–Kier alpha value is -3.48. The van der Waals surface area contributed by atoms with Crippen LogP contribution in [0.3, 0.4) is 0 Å². The van der Waals surface area contributed by atoms with E-state index in [2.05, 4.69) is 56.3 Å². The predicted octanol–water partition coefficient (Wildman–Crippen LogP) is 2.39. The highest BCUT2D eigenvalue weighted by Crippen LogP contribution is 2.26. The van der Waals surface area contributed by atoms with Gasteiger partial charge in [-0.15, -0.1) is 0 Å². The number of hydrogen-bond donors (Lipinski definition) is 4. The molecule has 1 unspecified atom stereocenters. The number of benzene rings is 2. The van der Waals surface area contributed by atoms with E-state index in [0.29, 0.717) is 25.2 Å². The molecule has 0 amide bonds. The molecule has 2 heterocycles. The van der Waals surface area contributed by atoms with E-state index in [-0.39, 0.29) is 11.7 Å². The summed E-state index contributed by atoms with van der Waals surface area (Å²) in [6, 6.07) is 16.5. The smallest absolute Gasteiger partial charge is 0.293 e. The molecular formula is C30H36N4O4. The van der Waals surface area contributed by atoms with Gasteiger partial charge < -0.3 is 25.3 Å². The van der Waals surface area contributed by atoms with E-state index >= 15 is 0 Å². The van der Waals surface area contributed by atoms with Gasteiger partial charge in [-0.3, -0.25) is 9.69 Å². The topological polar surface area (TPSA) is 111 Å². The van der Waals surface area contributed by atoms with E-state index in [1.807, 2.05) is 24.3 Å². The number of aliphatic hydroxyl groups is 1. The van der Waals surface area contributed by atoms with Crippen LogP contribution in [-0.4, -0.2) is 70.6 Å². The summed E-state index contributed by atoms with van der Waals surface area (Å²) in [5.41, 5.74) is 4.06. The molecule has 1 aliphatic rings. The zero-order valence-corrected chi connectivity index (χ0v) is 21.8. The number of rotatable bonds is 10. The van der Waals surface area contributed by atoms with Crippen molar-refractivity contribution in [3.8, 4) is 17.6 Å². The fourth-order valence-electron chi connectivity index (χ4n) is 4.48. The normalized spacial score (nSPS) is 15.4. The average Bonchev–Trinajstić information content (AvgIpc) is 2.93. The first-order valence-corrected chi connectivity index (χ1v) is 13.1. The van der Waals surface area contributed by atoms with Gasteiger partial charge in [-0.05, 0) is 61.2 Å². The minimum Gasteiger partial charge on any atom is -0.502 e. The van der Waals surface area contributed by atoms with E-state index < -0.39 is 11.7 Å². The lowest BCUT2D eigenvalue weighted by molar-refractivity contribution is 0.0342. The van der Waals surface area contributed by atoms with Crippen LogP contribution in [0.15, 0.2) is 59.7 Å². The van der Waals surface area contributed by atoms with Crippen LogP contribution in [0.25, 0.3) is 0 Å². The third-order valence-corrected chi connectivity index (χ3v) is 6.65. The lowest BCUT2D eigenvalue weighted by atomic mass is 9.90. The number of aliphatic hydroxyl groups excluding tert-OH is 1. The van der Waals surface area contributed by atoms with Crippen LogP contribution < -0.4 is 10.9 Å². The first kappa shape index (κ1) is 27.6. The van der Waals surface area contributed by atoms with E-state index in [0.717, 1.165) is 56.0 Å². The molecule has 0 spiro atoms. The number of nitrogens with one attached hydrogen (secondary N) is 2. The zero-order valence-electron chi connectivity index (χ0n) is 21.8. The van der Waals surface area contributed by atoms with E-state index in [9.17, 15) is 15.0 Å². The molecule has 1 aliphatic heterocycles. The van der Waals surface area contributed by atoms with Crippen molar-refractivity contribution < 1.29 is 14.9 Å². The van der Waals surface area contributed by atoms with Gasteiger partial charge in [0.05, 0.1) is 31.3 Å². The molecule has 4 rings (SSSR count). The Morgan fingerprint density at radius 2 is 1.74 bits per heavy atom. The van der Waals surface area contributed by atoms with Crippen molar-refractivity contribution >= 4 is 0 Å². The number of aromatic nitrogens is 2. The number of ether oxygens (including phenoxy) is 1. The van der Waals surface area contributed by atoms with Crippen molar-refractivity contribution in [2.24, 2.45) is 0 Å². The van der Waals surface area contributed by atoms with E-state index in [1.165, 1.54) is 11.9 Å². The summed E-state index contributed by atoms with van der Waals surface area (Å²) < 4.78 is 5.42. The minimum absolute atomic E-state index is 0.0257. The molecule has 200 valence electrons. The molecule has 0 radical (unpaired) electrons. The van der Waals surface area contributed by atoms with E-state index in [4.69, 9.17) is 4.74 Å². The zero-order chi connectivity index (χ0) is 26.7. The van der Waals surface area contributed by atoms with Crippen molar-refractivity contribution in [2.45, 2.75) is 38.3 Å². The van der Waals surface area contributed by atoms with Crippen LogP contribution >= 0.6 is 0 Å². The summed E-state index contributed by atoms with van der Waals surface area (Å²) in [4.78, 5) is 20.8. The summed E-state index contributed by atoms with van der Waals surface area (Å²) in [6.07, 6.45) is 2.07. The maximum Gasteiger partial charge on any atom is 0.293 e. The van der Waals surface area contributed by atoms with Crippen molar-refractivity contribution in [1.82, 2.24) is 20.2 Å². The van der Waals surface area contributed by atoms with Gasteiger partial charge in [0, 0.05) is 43.7 Å². The third-order valence-electron chi connectivity index (χ3n) is 6.65. The second-order valence-electron chi connectivity index (χ2n) is 9.73. The molecule has 0 saturated carbocycles. The monoisotopic (exact) mass is 516 g/mol. The van der Waals surface area contributed by atoms with Gasteiger partial charge in [-0.25, -0.2) is 4.98 Å². The number of aromatic hydroxyl groups is 1.